The Kier molecular flexibility index (Phi) is 8.85. The van der Waals surface area contributed by atoms with Crippen LogP contribution in [0.25, 0.3) is 0 Å². The molecule has 1 heterocycles. The number of amides is 1. The zero-order valence-corrected chi connectivity index (χ0v) is 20.0. The number of ether oxygens (including phenoxy) is 2. The molecule has 2 aliphatic rings. The largest absolute Gasteiger partial charge is 0.493 e. The van der Waals surface area contributed by atoms with Crippen molar-refractivity contribution in [3.8, 4) is 11.5 Å². The summed E-state index contributed by atoms with van der Waals surface area (Å²) in [5.41, 5.74) is 1.62. The third kappa shape index (κ3) is 5.90. The Bertz CT molecular complexity index is 722. The van der Waals surface area contributed by atoms with Gasteiger partial charge in [-0.15, -0.1) is 24.0 Å². The molecule has 29 heavy (non-hydrogen) atoms. The lowest BCUT2D eigenvalue weighted by Crippen LogP contribution is -2.42. The Hall–Kier alpha value is -1.71. The number of likely N-dealkylation sites (tertiary alicyclic amines) is 1. The van der Waals surface area contributed by atoms with E-state index >= 15 is 0 Å². The van der Waals surface area contributed by atoms with E-state index in [9.17, 15) is 4.79 Å². The number of likely N-dealkylation sites (N-methyl/N-ethyl adjacent to an activating group) is 1. The molecular weight excluding hydrogens is 483 g/mol. The van der Waals surface area contributed by atoms with Gasteiger partial charge in [-0.3, -0.25) is 9.79 Å². The van der Waals surface area contributed by atoms with Gasteiger partial charge in [-0.05, 0) is 49.3 Å². The molecule has 0 unspecified atom stereocenters. The molecule has 1 aliphatic heterocycles. The van der Waals surface area contributed by atoms with Crippen LogP contribution in [0.5, 0.6) is 11.5 Å². The third-order valence-corrected chi connectivity index (χ3v) is 5.78. The van der Waals surface area contributed by atoms with E-state index in [4.69, 9.17) is 9.47 Å². The molecular formula is C21H33IN4O3. The van der Waals surface area contributed by atoms with Gasteiger partial charge in [0, 0.05) is 33.2 Å². The molecule has 7 nitrogen and oxygen atoms in total. The number of hydrogen-bond donors (Lipinski definition) is 2. The second-order valence-electron chi connectivity index (χ2n) is 7.65. The van der Waals surface area contributed by atoms with Crippen LogP contribution in [0.2, 0.25) is 0 Å². The molecule has 3 rings (SSSR count). The minimum atomic E-state index is -0.144. The van der Waals surface area contributed by atoms with Crippen LogP contribution in [-0.2, 0) is 11.3 Å². The van der Waals surface area contributed by atoms with E-state index in [-0.39, 0.29) is 36.5 Å². The predicted molar refractivity (Wildman–Crippen MR) is 125 cm³/mol. The first-order valence-electron chi connectivity index (χ1n) is 10.1. The smallest absolute Gasteiger partial charge is 0.257 e. The molecule has 1 aromatic rings. The second kappa shape index (κ2) is 10.9. The molecule has 1 saturated carbocycles. The molecule has 1 aromatic carbocycles. The molecule has 0 aromatic heterocycles. The molecule has 1 amide bonds. The molecule has 162 valence electrons. The average Bonchev–Trinajstić information content (AvgIpc) is 3.13. The fourth-order valence-electron chi connectivity index (χ4n) is 4.05. The lowest BCUT2D eigenvalue weighted by atomic mass is 9.68. The summed E-state index contributed by atoms with van der Waals surface area (Å²) in [6.07, 6.45) is 5.36. The molecule has 0 bridgehead atoms. The number of hydrogen-bond acceptors (Lipinski definition) is 4. The van der Waals surface area contributed by atoms with Crippen molar-refractivity contribution in [2.75, 3.05) is 40.4 Å². The van der Waals surface area contributed by atoms with Crippen LogP contribution in [0.4, 0.5) is 0 Å². The van der Waals surface area contributed by atoms with Gasteiger partial charge in [0.05, 0.1) is 7.11 Å². The normalized spacial score (nSPS) is 17.3. The number of halogens is 1. The molecule has 0 atom stereocenters. The van der Waals surface area contributed by atoms with Gasteiger partial charge in [0.15, 0.2) is 24.1 Å². The fraction of sp³-hybridized carbons (Fsp3) is 0.619. The standard InChI is InChI=1S/C21H32N4O3.HI/c1-4-23-19(26)14-28-17-7-6-16(12-18(17)27-3)13-24-20(22-2)25-11-10-21(15-25)8-5-9-21;/h6-7,12H,4-5,8-11,13-15H2,1-3H3,(H,22,24)(H,23,26);1H. The van der Waals surface area contributed by atoms with Crippen LogP contribution in [0.1, 0.15) is 38.2 Å². The zero-order chi connectivity index (χ0) is 20.0. The maximum atomic E-state index is 11.6. The number of carbonyl (C=O) groups is 1. The van der Waals surface area contributed by atoms with Gasteiger partial charge in [-0.2, -0.15) is 0 Å². The molecule has 2 fully saturated rings. The highest BCUT2D eigenvalue weighted by atomic mass is 127. The number of aliphatic imine (C=N–C) groups is 1. The van der Waals surface area contributed by atoms with Crippen molar-refractivity contribution in [1.29, 1.82) is 0 Å². The lowest BCUT2D eigenvalue weighted by Gasteiger charge is -2.38. The minimum Gasteiger partial charge on any atom is -0.493 e. The molecule has 8 heteroatoms. The van der Waals surface area contributed by atoms with Crippen molar-refractivity contribution in [2.45, 2.75) is 39.2 Å². The second-order valence-corrected chi connectivity index (χ2v) is 7.65. The highest BCUT2D eigenvalue weighted by molar-refractivity contribution is 14.0. The van der Waals surface area contributed by atoms with Crippen LogP contribution in [0, 0.1) is 5.41 Å². The van der Waals surface area contributed by atoms with Gasteiger partial charge < -0.3 is 25.0 Å². The van der Waals surface area contributed by atoms with Gasteiger partial charge in [-0.1, -0.05) is 12.5 Å². The molecule has 1 aliphatic carbocycles. The SMILES string of the molecule is CCNC(=O)COc1ccc(CNC(=NC)N2CCC3(CCC3)C2)cc1OC.I. The van der Waals surface area contributed by atoms with Crippen molar-refractivity contribution in [1.82, 2.24) is 15.5 Å². The maximum Gasteiger partial charge on any atom is 0.257 e. The van der Waals surface area contributed by atoms with E-state index in [0.29, 0.717) is 30.0 Å². The number of methoxy groups -OCH3 is 1. The van der Waals surface area contributed by atoms with Crippen LogP contribution < -0.4 is 20.1 Å². The van der Waals surface area contributed by atoms with E-state index in [1.54, 1.807) is 7.11 Å². The number of carbonyl (C=O) groups excluding carboxylic acids is 1. The molecule has 2 N–H and O–H groups in total. The summed E-state index contributed by atoms with van der Waals surface area (Å²) in [6, 6.07) is 5.76. The van der Waals surface area contributed by atoms with Gasteiger partial charge >= 0.3 is 0 Å². The minimum absolute atomic E-state index is 0. The Morgan fingerprint density at radius 3 is 2.62 bits per heavy atom. The van der Waals surface area contributed by atoms with E-state index in [2.05, 4.69) is 20.5 Å². The summed E-state index contributed by atoms with van der Waals surface area (Å²) in [5, 5.41) is 6.18. The summed E-state index contributed by atoms with van der Waals surface area (Å²) >= 11 is 0. The Labute approximate surface area is 190 Å². The summed E-state index contributed by atoms with van der Waals surface area (Å²) in [4.78, 5) is 18.4. The van der Waals surface area contributed by atoms with Gasteiger partial charge in [0.1, 0.15) is 0 Å². The van der Waals surface area contributed by atoms with Crippen molar-refractivity contribution in [2.24, 2.45) is 10.4 Å². The summed E-state index contributed by atoms with van der Waals surface area (Å²) in [7, 11) is 3.44. The van der Waals surface area contributed by atoms with Crippen molar-refractivity contribution in [3.05, 3.63) is 23.8 Å². The molecule has 1 spiro atoms. The van der Waals surface area contributed by atoms with Crippen molar-refractivity contribution < 1.29 is 14.3 Å². The molecule has 0 radical (unpaired) electrons. The number of rotatable bonds is 7. The highest BCUT2D eigenvalue weighted by Gasteiger charge is 2.43. The Balaban J connectivity index is 0.00000300. The zero-order valence-electron chi connectivity index (χ0n) is 17.6. The summed E-state index contributed by atoms with van der Waals surface area (Å²) in [6.45, 7) is 5.29. The number of nitrogens with one attached hydrogen (secondary N) is 2. The lowest BCUT2D eigenvalue weighted by molar-refractivity contribution is -0.123. The highest BCUT2D eigenvalue weighted by Crippen LogP contribution is 2.47. The number of nitrogens with zero attached hydrogens (tertiary/aromatic N) is 2. The predicted octanol–water partition coefficient (Wildman–Crippen LogP) is 2.78. The van der Waals surface area contributed by atoms with Crippen LogP contribution >= 0.6 is 24.0 Å². The fourth-order valence-corrected chi connectivity index (χ4v) is 4.05. The molecule has 1 saturated heterocycles. The summed E-state index contributed by atoms with van der Waals surface area (Å²) < 4.78 is 11.0. The van der Waals surface area contributed by atoms with Crippen molar-refractivity contribution >= 4 is 35.8 Å². The Morgan fingerprint density at radius 2 is 2.03 bits per heavy atom. The van der Waals surface area contributed by atoms with E-state index in [1.165, 1.54) is 25.7 Å². The van der Waals surface area contributed by atoms with Gasteiger partial charge in [0.2, 0.25) is 0 Å². The maximum absolute atomic E-state index is 11.6. The summed E-state index contributed by atoms with van der Waals surface area (Å²) in [5.74, 6) is 2.00. The average molecular weight is 516 g/mol. The van der Waals surface area contributed by atoms with E-state index in [0.717, 1.165) is 24.6 Å². The van der Waals surface area contributed by atoms with E-state index in [1.807, 2.05) is 32.2 Å². The Morgan fingerprint density at radius 1 is 1.24 bits per heavy atom. The first-order chi connectivity index (χ1) is 13.6. The first kappa shape index (κ1) is 23.6. The van der Waals surface area contributed by atoms with Gasteiger partial charge in [0.25, 0.3) is 5.91 Å². The van der Waals surface area contributed by atoms with Gasteiger partial charge in [-0.25, -0.2) is 0 Å². The van der Waals surface area contributed by atoms with Crippen molar-refractivity contribution in [3.63, 3.8) is 0 Å². The number of guanidine groups is 1. The van der Waals surface area contributed by atoms with Crippen LogP contribution in [0.3, 0.4) is 0 Å². The van der Waals surface area contributed by atoms with Crippen LogP contribution in [0.15, 0.2) is 23.2 Å². The quantitative estimate of drug-likeness (QED) is 0.331. The third-order valence-electron chi connectivity index (χ3n) is 5.78. The topological polar surface area (TPSA) is 75.2 Å². The van der Waals surface area contributed by atoms with Crippen LogP contribution in [-0.4, -0.2) is 57.2 Å². The number of benzene rings is 1. The monoisotopic (exact) mass is 516 g/mol. The van der Waals surface area contributed by atoms with E-state index < -0.39 is 0 Å². The first-order valence-corrected chi connectivity index (χ1v) is 10.1.